The molecule has 0 heterocycles. The van der Waals surface area contributed by atoms with Gasteiger partial charge in [0.25, 0.3) is 0 Å². The molecule has 0 aromatic rings. The summed E-state index contributed by atoms with van der Waals surface area (Å²) >= 11 is 0. The second kappa shape index (κ2) is 6.37. The van der Waals surface area contributed by atoms with E-state index in [0.29, 0.717) is 6.54 Å². The fourth-order valence-electron chi connectivity index (χ4n) is 1.09. The SMILES string of the molecule is CC(N)=NC(=O)CCNC(=O)C(C)C(C)(C)C. The van der Waals surface area contributed by atoms with Crippen LogP contribution < -0.4 is 11.1 Å². The first-order chi connectivity index (χ1) is 7.64. The minimum Gasteiger partial charge on any atom is -0.387 e. The summed E-state index contributed by atoms with van der Waals surface area (Å²) < 4.78 is 0. The molecular formula is C12H23N3O2. The van der Waals surface area contributed by atoms with E-state index in [1.54, 1.807) is 6.92 Å². The van der Waals surface area contributed by atoms with Gasteiger partial charge >= 0.3 is 0 Å². The van der Waals surface area contributed by atoms with Crippen molar-refractivity contribution in [3.05, 3.63) is 0 Å². The molecule has 0 aromatic heterocycles. The average Bonchev–Trinajstić information content (AvgIpc) is 2.13. The van der Waals surface area contributed by atoms with Crippen LogP contribution in [0.25, 0.3) is 0 Å². The number of amidine groups is 1. The van der Waals surface area contributed by atoms with Crippen molar-refractivity contribution in [2.75, 3.05) is 6.54 Å². The van der Waals surface area contributed by atoms with Gasteiger partial charge in [-0.2, -0.15) is 0 Å². The maximum Gasteiger partial charge on any atom is 0.249 e. The molecule has 0 aromatic carbocycles. The van der Waals surface area contributed by atoms with Gasteiger partial charge in [0, 0.05) is 18.9 Å². The van der Waals surface area contributed by atoms with E-state index in [0.717, 1.165) is 0 Å². The van der Waals surface area contributed by atoms with Crippen molar-refractivity contribution in [2.45, 2.75) is 41.0 Å². The molecule has 3 N–H and O–H groups in total. The van der Waals surface area contributed by atoms with E-state index in [4.69, 9.17) is 5.73 Å². The lowest BCUT2D eigenvalue weighted by molar-refractivity contribution is -0.127. The van der Waals surface area contributed by atoms with Crippen LogP contribution >= 0.6 is 0 Å². The minimum atomic E-state index is -0.311. The Morgan fingerprint density at radius 3 is 2.29 bits per heavy atom. The van der Waals surface area contributed by atoms with Gasteiger partial charge in [-0.25, -0.2) is 4.99 Å². The zero-order chi connectivity index (χ0) is 13.6. The number of nitrogens with zero attached hydrogens (tertiary/aromatic N) is 1. The van der Waals surface area contributed by atoms with E-state index >= 15 is 0 Å². The Kier molecular flexibility index (Phi) is 5.85. The molecule has 2 amide bonds. The van der Waals surface area contributed by atoms with Gasteiger partial charge in [-0.05, 0) is 12.3 Å². The smallest absolute Gasteiger partial charge is 0.249 e. The molecule has 0 radical (unpaired) electrons. The van der Waals surface area contributed by atoms with Crippen molar-refractivity contribution in [2.24, 2.45) is 22.1 Å². The molecule has 0 aliphatic carbocycles. The van der Waals surface area contributed by atoms with Crippen LogP contribution in [-0.4, -0.2) is 24.2 Å². The lowest BCUT2D eigenvalue weighted by Gasteiger charge is -2.25. The molecule has 5 heteroatoms. The molecule has 17 heavy (non-hydrogen) atoms. The van der Waals surface area contributed by atoms with E-state index in [2.05, 4.69) is 10.3 Å². The van der Waals surface area contributed by atoms with E-state index in [1.165, 1.54) is 0 Å². The normalized spacial score (nSPS) is 14.3. The van der Waals surface area contributed by atoms with E-state index < -0.39 is 0 Å². The second-order valence-electron chi connectivity index (χ2n) is 5.28. The average molecular weight is 241 g/mol. The van der Waals surface area contributed by atoms with Crippen molar-refractivity contribution < 1.29 is 9.59 Å². The first kappa shape index (κ1) is 15.6. The van der Waals surface area contributed by atoms with Crippen molar-refractivity contribution in [1.29, 1.82) is 0 Å². The minimum absolute atomic E-state index is 0.0428. The number of nitrogens with two attached hydrogens (primary N) is 1. The van der Waals surface area contributed by atoms with Crippen LogP contribution in [0.2, 0.25) is 0 Å². The highest BCUT2D eigenvalue weighted by Crippen LogP contribution is 2.25. The van der Waals surface area contributed by atoms with E-state index in [9.17, 15) is 9.59 Å². The number of aliphatic imine (C=N–C) groups is 1. The van der Waals surface area contributed by atoms with Crippen molar-refractivity contribution in [3.8, 4) is 0 Å². The summed E-state index contributed by atoms with van der Waals surface area (Å²) in [5.74, 6) is -0.214. The van der Waals surface area contributed by atoms with Crippen molar-refractivity contribution in [1.82, 2.24) is 5.32 Å². The van der Waals surface area contributed by atoms with Crippen LogP contribution in [-0.2, 0) is 9.59 Å². The Hall–Kier alpha value is -1.39. The molecule has 0 fully saturated rings. The summed E-state index contributed by atoms with van der Waals surface area (Å²) in [6, 6.07) is 0. The highest BCUT2D eigenvalue weighted by atomic mass is 16.2. The lowest BCUT2D eigenvalue weighted by atomic mass is 9.81. The first-order valence-electron chi connectivity index (χ1n) is 5.76. The second-order valence-corrected chi connectivity index (χ2v) is 5.28. The number of hydrogen-bond donors (Lipinski definition) is 2. The number of hydrogen-bond acceptors (Lipinski definition) is 2. The van der Waals surface area contributed by atoms with Gasteiger partial charge in [-0.15, -0.1) is 0 Å². The van der Waals surface area contributed by atoms with Gasteiger partial charge in [0.05, 0.1) is 5.84 Å². The molecule has 0 saturated heterocycles. The summed E-state index contributed by atoms with van der Waals surface area (Å²) in [5.41, 5.74) is 5.19. The van der Waals surface area contributed by atoms with Gasteiger partial charge in [0.15, 0.2) is 0 Å². The Morgan fingerprint density at radius 1 is 1.35 bits per heavy atom. The third-order valence-corrected chi connectivity index (χ3v) is 2.63. The molecule has 0 bridgehead atoms. The van der Waals surface area contributed by atoms with Crippen LogP contribution in [0.15, 0.2) is 4.99 Å². The highest BCUT2D eigenvalue weighted by molar-refractivity contribution is 5.92. The van der Waals surface area contributed by atoms with Crippen molar-refractivity contribution in [3.63, 3.8) is 0 Å². The zero-order valence-electron chi connectivity index (χ0n) is 11.3. The Labute approximate surface area is 103 Å². The third-order valence-electron chi connectivity index (χ3n) is 2.63. The number of rotatable bonds is 4. The number of nitrogens with one attached hydrogen (secondary N) is 1. The Balaban J connectivity index is 4.03. The molecule has 5 nitrogen and oxygen atoms in total. The monoisotopic (exact) mass is 241 g/mol. The summed E-state index contributed by atoms with van der Waals surface area (Å²) in [6.07, 6.45) is 0.178. The van der Waals surface area contributed by atoms with Gasteiger partial charge in [0.1, 0.15) is 0 Å². The van der Waals surface area contributed by atoms with Gasteiger partial charge in [-0.3, -0.25) is 9.59 Å². The van der Waals surface area contributed by atoms with E-state index in [1.807, 2.05) is 27.7 Å². The number of carbonyl (C=O) groups is 2. The quantitative estimate of drug-likeness (QED) is 0.570. The maximum absolute atomic E-state index is 11.7. The topological polar surface area (TPSA) is 84.5 Å². The molecule has 0 spiro atoms. The molecule has 98 valence electrons. The maximum atomic E-state index is 11.7. The molecular weight excluding hydrogens is 218 g/mol. The predicted octanol–water partition coefficient (Wildman–Crippen LogP) is 1.08. The largest absolute Gasteiger partial charge is 0.387 e. The fourth-order valence-corrected chi connectivity index (χ4v) is 1.09. The number of carbonyl (C=O) groups excluding carboxylic acids is 2. The Morgan fingerprint density at radius 2 is 1.88 bits per heavy atom. The molecule has 0 rings (SSSR count). The summed E-state index contributed by atoms with van der Waals surface area (Å²) in [6.45, 7) is 9.74. The van der Waals surface area contributed by atoms with Crippen LogP contribution in [0, 0.1) is 11.3 Å². The van der Waals surface area contributed by atoms with Crippen molar-refractivity contribution >= 4 is 17.6 Å². The van der Waals surface area contributed by atoms with Gasteiger partial charge in [0.2, 0.25) is 11.8 Å². The van der Waals surface area contributed by atoms with Gasteiger partial charge < -0.3 is 11.1 Å². The lowest BCUT2D eigenvalue weighted by Crippen LogP contribution is -2.37. The number of amides is 2. The van der Waals surface area contributed by atoms with Crippen LogP contribution in [0.4, 0.5) is 0 Å². The van der Waals surface area contributed by atoms with Crippen LogP contribution in [0.1, 0.15) is 41.0 Å². The molecule has 0 saturated carbocycles. The zero-order valence-corrected chi connectivity index (χ0v) is 11.3. The fraction of sp³-hybridized carbons (Fsp3) is 0.750. The molecule has 0 aliphatic rings. The first-order valence-corrected chi connectivity index (χ1v) is 5.76. The highest BCUT2D eigenvalue weighted by Gasteiger charge is 2.26. The van der Waals surface area contributed by atoms with Crippen LogP contribution in [0.3, 0.4) is 0 Å². The third kappa shape index (κ3) is 6.71. The molecule has 0 aliphatic heterocycles. The summed E-state index contributed by atoms with van der Waals surface area (Å²) in [7, 11) is 0. The van der Waals surface area contributed by atoms with Crippen LogP contribution in [0.5, 0.6) is 0 Å². The Bertz CT molecular complexity index is 312. The van der Waals surface area contributed by atoms with Gasteiger partial charge in [-0.1, -0.05) is 27.7 Å². The molecule has 1 unspecified atom stereocenters. The predicted molar refractivity (Wildman–Crippen MR) is 68.5 cm³/mol. The summed E-state index contributed by atoms with van der Waals surface area (Å²) in [5, 5.41) is 2.72. The standard InChI is InChI=1S/C12H23N3O2/c1-8(12(3,4)5)11(17)14-7-6-10(16)15-9(2)13/h8H,6-7H2,1-5H3,(H,14,17)(H2,13,15,16). The summed E-state index contributed by atoms with van der Waals surface area (Å²) in [4.78, 5) is 26.5. The van der Waals surface area contributed by atoms with E-state index in [-0.39, 0.29) is 35.4 Å². The molecule has 1 atom stereocenters.